The molecule has 3 unspecified atom stereocenters. The van der Waals surface area contributed by atoms with Gasteiger partial charge in [0.15, 0.2) is 6.10 Å². The number of aryl methyl sites for hydroxylation is 1. The van der Waals surface area contributed by atoms with Crippen molar-refractivity contribution in [1.82, 2.24) is 0 Å². The fourth-order valence-corrected chi connectivity index (χ4v) is 1.51. The Hall–Kier alpha value is -1.07. The average molecular weight is 262 g/mol. The third-order valence-electron chi connectivity index (χ3n) is 2.74. The molecule has 102 valence electrons. The molecule has 1 aromatic rings. The fraction of sp³-hybridized carbons (Fsp3) is 0.538. The van der Waals surface area contributed by atoms with Gasteiger partial charge in [0.1, 0.15) is 6.10 Å². The van der Waals surface area contributed by atoms with Crippen LogP contribution in [0.15, 0.2) is 24.3 Å². The molecule has 0 aliphatic carbocycles. The smallest absolute Gasteiger partial charge is 0.386 e. The van der Waals surface area contributed by atoms with Gasteiger partial charge in [0.05, 0.1) is 6.10 Å². The molecule has 0 heterocycles. The summed E-state index contributed by atoms with van der Waals surface area (Å²) in [7, 11) is 0. The van der Waals surface area contributed by atoms with Crippen LogP contribution in [0.4, 0.5) is 13.2 Å². The van der Waals surface area contributed by atoms with Crippen molar-refractivity contribution in [2.45, 2.75) is 45.3 Å². The second-order valence-corrected chi connectivity index (χ2v) is 4.38. The van der Waals surface area contributed by atoms with Gasteiger partial charge in [-0.05, 0) is 26.3 Å². The van der Waals surface area contributed by atoms with Gasteiger partial charge < -0.3 is 9.84 Å². The third kappa shape index (κ3) is 3.99. The first kappa shape index (κ1) is 15.0. The van der Waals surface area contributed by atoms with Crippen LogP contribution in [0.2, 0.25) is 0 Å². The topological polar surface area (TPSA) is 29.5 Å². The van der Waals surface area contributed by atoms with E-state index in [0.717, 1.165) is 12.5 Å². The predicted octanol–water partition coefficient (Wildman–Crippen LogP) is 3.38. The van der Waals surface area contributed by atoms with Gasteiger partial charge in [-0.2, -0.15) is 13.2 Å². The van der Waals surface area contributed by atoms with E-state index in [1.807, 2.05) is 6.92 Å². The summed E-state index contributed by atoms with van der Waals surface area (Å²) < 4.78 is 41.8. The van der Waals surface area contributed by atoms with Crippen molar-refractivity contribution in [2.24, 2.45) is 0 Å². The molecule has 1 N–H and O–H groups in total. The van der Waals surface area contributed by atoms with Crippen LogP contribution in [0.1, 0.15) is 31.1 Å². The minimum absolute atomic E-state index is 0.544. The van der Waals surface area contributed by atoms with Gasteiger partial charge in [0.2, 0.25) is 0 Å². The highest BCUT2D eigenvalue weighted by Crippen LogP contribution is 2.27. The molecule has 5 heteroatoms. The maximum Gasteiger partial charge on any atom is 0.414 e. The Labute approximate surface area is 104 Å². The molecule has 3 atom stereocenters. The number of halogens is 3. The number of rotatable bonds is 4. The highest BCUT2D eigenvalue weighted by atomic mass is 19.4. The molecule has 0 bridgehead atoms. The van der Waals surface area contributed by atoms with E-state index in [1.54, 1.807) is 24.3 Å². The van der Waals surface area contributed by atoms with E-state index in [0.29, 0.717) is 5.56 Å². The van der Waals surface area contributed by atoms with Crippen molar-refractivity contribution in [3.05, 3.63) is 35.4 Å². The summed E-state index contributed by atoms with van der Waals surface area (Å²) in [5.74, 6) is 0. The lowest BCUT2D eigenvalue weighted by Gasteiger charge is -2.25. The van der Waals surface area contributed by atoms with Crippen LogP contribution >= 0.6 is 0 Å². The van der Waals surface area contributed by atoms with Crippen LogP contribution in [-0.4, -0.2) is 23.5 Å². The standard InChI is InChI=1S/C13H17F3O2/c1-8-4-6-11(7-5-8)12(17)9(2)18-10(3)13(14,15)16/h4-7,9-10,12,17H,1-3H3. The van der Waals surface area contributed by atoms with E-state index in [2.05, 4.69) is 0 Å². The first-order chi connectivity index (χ1) is 8.21. The van der Waals surface area contributed by atoms with Crippen molar-refractivity contribution in [3.8, 4) is 0 Å². The summed E-state index contributed by atoms with van der Waals surface area (Å²) in [6.07, 6.45) is -8.31. The Balaban J connectivity index is 2.67. The number of alkyl halides is 3. The van der Waals surface area contributed by atoms with Gasteiger partial charge in [0.25, 0.3) is 0 Å². The normalized spacial score (nSPS) is 17.3. The van der Waals surface area contributed by atoms with Crippen LogP contribution in [0, 0.1) is 6.92 Å². The molecule has 0 saturated heterocycles. The minimum Gasteiger partial charge on any atom is -0.386 e. The Bertz CT molecular complexity index is 373. The molecule has 0 aliphatic rings. The van der Waals surface area contributed by atoms with Crippen molar-refractivity contribution in [2.75, 3.05) is 0 Å². The third-order valence-corrected chi connectivity index (χ3v) is 2.74. The maximum atomic E-state index is 12.3. The molecule has 18 heavy (non-hydrogen) atoms. The van der Waals surface area contributed by atoms with E-state index >= 15 is 0 Å². The summed E-state index contributed by atoms with van der Waals surface area (Å²) in [5.41, 5.74) is 1.56. The van der Waals surface area contributed by atoms with Crippen molar-refractivity contribution >= 4 is 0 Å². The Morgan fingerprint density at radius 1 is 1.11 bits per heavy atom. The molecule has 0 saturated carbocycles. The summed E-state index contributed by atoms with van der Waals surface area (Å²) in [5, 5.41) is 9.90. The summed E-state index contributed by atoms with van der Waals surface area (Å²) in [6.45, 7) is 4.24. The monoisotopic (exact) mass is 262 g/mol. The first-order valence-electron chi connectivity index (χ1n) is 5.68. The van der Waals surface area contributed by atoms with Gasteiger partial charge in [-0.25, -0.2) is 0 Å². The van der Waals surface area contributed by atoms with Gasteiger partial charge in [-0.15, -0.1) is 0 Å². The number of ether oxygens (including phenoxy) is 1. The van der Waals surface area contributed by atoms with Crippen molar-refractivity contribution < 1.29 is 23.0 Å². The molecule has 0 amide bonds. The maximum absolute atomic E-state index is 12.3. The average Bonchev–Trinajstić information content (AvgIpc) is 2.27. The summed E-state index contributed by atoms with van der Waals surface area (Å²) in [4.78, 5) is 0. The second-order valence-electron chi connectivity index (χ2n) is 4.38. The van der Waals surface area contributed by atoms with Crippen LogP contribution in [0.25, 0.3) is 0 Å². The molecule has 1 aromatic carbocycles. The van der Waals surface area contributed by atoms with Crippen molar-refractivity contribution in [3.63, 3.8) is 0 Å². The number of hydrogen-bond acceptors (Lipinski definition) is 2. The Morgan fingerprint density at radius 2 is 1.61 bits per heavy atom. The van der Waals surface area contributed by atoms with E-state index < -0.39 is 24.5 Å². The molecule has 0 aromatic heterocycles. The molecular formula is C13H17F3O2. The first-order valence-corrected chi connectivity index (χ1v) is 5.68. The molecule has 0 aliphatic heterocycles. The van der Waals surface area contributed by atoms with E-state index in [-0.39, 0.29) is 0 Å². The minimum atomic E-state index is -4.42. The van der Waals surface area contributed by atoms with E-state index in [1.165, 1.54) is 6.92 Å². The van der Waals surface area contributed by atoms with Gasteiger partial charge in [0, 0.05) is 0 Å². The zero-order valence-corrected chi connectivity index (χ0v) is 10.5. The molecular weight excluding hydrogens is 245 g/mol. The van der Waals surface area contributed by atoms with Gasteiger partial charge >= 0.3 is 6.18 Å². The lowest BCUT2D eigenvalue weighted by Crippen LogP contribution is -2.34. The number of benzene rings is 1. The molecule has 0 fully saturated rings. The lowest BCUT2D eigenvalue weighted by atomic mass is 10.0. The molecule has 2 nitrogen and oxygen atoms in total. The van der Waals surface area contributed by atoms with Crippen LogP contribution in [0.5, 0.6) is 0 Å². The highest BCUT2D eigenvalue weighted by molar-refractivity contribution is 5.23. The lowest BCUT2D eigenvalue weighted by molar-refractivity contribution is -0.233. The molecule has 1 rings (SSSR count). The van der Waals surface area contributed by atoms with Gasteiger partial charge in [-0.3, -0.25) is 0 Å². The number of hydrogen-bond donors (Lipinski definition) is 1. The van der Waals surface area contributed by atoms with Crippen LogP contribution in [-0.2, 0) is 4.74 Å². The quantitative estimate of drug-likeness (QED) is 0.901. The zero-order chi connectivity index (χ0) is 13.9. The SMILES string of the molecule is Cc1ccc(C(O)C(C)OC(C)C(F)(F)F)cc1. The summed E-state index contributed by atoms with van der Waals surface area (Å²) >= 11 is 0. The number of aliphatic hydroxyl groups is 1. The molecule has 0 spiro atoms. The second kappa shape index (κ2) is 5.71. The summed E-state index contributed by atoms with van der Waals surface area (Å²) in [6, 6.07) is 6.94. The Morgan fingerprint density at radius 3 is 2.06 bits per heavy atom. The van der Waals surface area contributed by atoms with E-state index in [4.69, 9.17) is 4.74 Å². The Kier molecular flexibility index (Phi) is 4.76. The van der Waals surface area contributed by atoms with Crippen molar-refractivity contribution in [1.29, 1.82) is 0 Å². The predicted molar refractivity (Wildman–Crippen MR) is 62.2 cm³/mol. The zero-order valence-electron chi connectivity index (χ0n) is 10.5. The largest absolute Gasteiger partial charge is 0.414 e. The highest BCUT2D eigenvalue weighted by Gasteiger charge is 2.38. The van der Waals surface area contributed by atoms with Gasteiger partial charge in [-0.1, -0.05) is 29.8 Å². The molecule has 0 radical (unpaired) electrons. The van der Waals surface area contributed by atoms with Crippen LogP contribution < -0.4 is 0 Å². The van der Waals surface area contributed by atoms with Crippen LogP contribution in [0.3, 0.4) is 0 Å². The van der Waals surface area contributed by atoms with E-state index in [9.17, 15) is 18.3 Å². The fourth-order valence-electron chi connectivity index (χ4n) is 1.51. The number of aliphatic hydroxyl groups excluding tert-OH is 1.